The second-order valence-corrected chi connectivity index (χ2v) is 3.54. The molecule has 0 radical (unpaired) electrons. The van der Waals surface area contributed by atoms with Crippen LogP contribution in [-0.4, -0.2) is 17.8 Å². The molecule has 11 heavy (non-hydrogen) atoms. The Morgan fingerprint density at radius 2 is 1.91 bits per heavy atom. The Hall–Kier alpha value is -0.0800. The van der Waals surface area contributed by atoms with Crippen LogP contribution in [0.3, 0.4) is 0 Å². The van der Waals surface area contributed by atoms with Gasteiger partial charge in [0.15, 0.2) is 0 Å². The maximum absolute atomic E-state index is 9.59. The molecule has 1 aliphatic carbocycles. The summed E-state index contributed by atoms with van der Waals surface area (Å²) >= 11 is 0. The van der Waals surface area contributed by atoms with Crippen LogP contribution in [0.4, 0.5) is 0 Å². The van der Waals surface area contributed by atoms with Gasteiger partial charge in [0, 0.05) is 0 Å². The zero-order valence-corrected chi connectivity index (χ0v) is 7.13. The van der Waals surface area contributed by atoms with E-state index in [0.29, 0.717) is 12.5 Å². The second kappa shape index (κ2) is 4.73. The molecule has 2 nitrogen and oxygen atoms in total. The molecule has 0 spiro atoms. The molecule has 1 fully saturated rings. The van der Waals surface area contributed by atoms with E-state index in [2.05, 4.69) is 0 Å². The van der Waals surface area contributed by atoms with Gasteiger partial charge in [0.1, 0.15) is 0 Å². The molecule has 2 heteroatoms. The van der Waals surface area contributed by atoms with E-state index in [9.17, 15) is 5.11 Å². The summed E-state index contributed by atoms with van der Waals surface area (Å²) in [5.41, 5.74) is 5.38. The number of nitrogens with two attached hydrogens (primary N) is 1. The zero-order chi connectivity index (χ0) is 8.10. The first-order chi connectivity index (χ1) is 5.34. The lowest BCUT2D eigenvalue weighted by Crippen LogP contribution is -2.25. The minimum Gasteiger partial charge on any atom is -0.393 e. The van der Waals surface area contributed by atoms with E-state index in [1.807, 2.05) is 0 Å². The molecule has 0 aromatic rings. The molecule has 3 N–H and O–H groups in total. The van der Waals surface area contributed by atoms with Crippen molar-refractivity contribution in [3.05, 3.63) is 0 Å². The quantitative estimate of drug-likeness (QED) is 0.648. The Bertz CT molecular complexity index is 99.7. The van der Waals surface area contributed by atoms with Crippen molar-refractivity contribution < 1.29 is 5.11 Å². The van der Waals surface area contributed by atoms with Gasteiger partial charge in [-0.25, -0.2) is 0 Å². The number of aliphatic hydroxyl groups excluding tert-OH is 1. The second-order valence-electron chi connectivity index (χ2n) is 3.54. The number of hydrogen-bond donors (Lipinski definition) is 2. The third kappa shape index (κ3) is 2.80. The Morgan fingerprint density at radius 1 is 1.27 bits per heavy atom. The SMILES string of the molecule is NCCC(O)C1CCCCC1. The molecular formula is C9H19NO. The summed E-state index contributed by atoms with van der Waals surface area (Å²) < 4.78 is 0. The fourth-order valence-corrected chi connectivity index (χ4v) is 1.93. The highest BCUT2D eigenvalue weighted by Crippen LogP contribution is 2.27. The van der Waals surface area contributed by atoms with Gasteiger partial charge in [0.2, 0.25) is 0 Å². The summed E-state index contributed by atoms with van der Waals surface area (Å²) in [6.45, 7) is 0.623. The minimum absolute atomic E-state index is 0.125. The molecule has 0 aliphatic heterocycles. The predicted octanol–water partition coefficient (Wildman–Crippen LogP) is 1.28. The summed E-state index contributed by atoms with van der Waals surface area (Å²) in [6, 6.07) is 0. The van der Waals surface area contributed by atoms with Crippen LogP contribution in [-0.2, 0) is 0 Å². The lowest BCUT2D eigenvalue weighted by molar-refractivity contribution is 0.0794. The van der Waals surface area contributed by atoms with E-state index in [1.165, 1.54) is 32.1 Å². The van der Waals surface area contributed by atoms with Gasteiger partial charge >= 0.3 is 0 Å². The Kier molecular flexibility index (Phi) is 3.87. The van der Waals surface area contributed by atoms with Crippen LogP contribution in [0.2, 0.25) is 0 Å². The Balaban J connectivity index is 2.21. The van der Waals surface area contributed by atoms with Gasteiger partial charge in [0.05, 0.1) is 6.10 Å². The summed E-state index contributed by atoms with van der Waals surface area (Å²) in [4.78, 5) is 0. The van der Waals surface area contributed by atoms with Gasteiger partial charge in [-0.1, -0.05) is 19.3 Å². The van der Waals surface area contributed by atoms with Crippen molar-refractivity contribution in [2.45, 2.75) is 44.6 Å². The first kappa shape index (κ1) is 9.01. The molecule has 0 heterocycles. The van der Waals surface area contributed by atoms with Crippen molar-refractivity contribution in [2.75, 3.05) is 6.54 Å². The van der Waals surface area contributed by atoms with Gasteiger partial charge in [-0.15, -0.1) is 0 Å². The van der Waals surface area contributed by atoms with Gasteiger partial charge in [-0.3, -0.25) is 0 Å². The topological polar surface area (TPSA) is 46.2 Å². The van der Waals surface area contributed by atoms with Gasteiger partial charge in [0.25, 0.3) is 0 Å². The van der Waals surface area contributed by atoms with E-state index in [1.54, 1.807) is 0 Å². The first-order valence-corrected chi connectivity index (χ1v) is 4.72. The van der Waals surface area contributed by atoms with Crippen LogP contribution < -0.4 is 5.73 Å². The van der Waals surface area contributed by atoms with Crippen LogP contribution in [0.25, 0.3) is 0 Å². The van der Waals surface area contributed by atoms with E-state index >= 15 is 0 Å². The minimum atomic E-state index is -0.125. The zero-order valence-electron chi connectivity index (χ0n) is 7.13. The van der Waals surface area contributed by atoms with Crippen LogP contribution in [0.15, 0.2) is 0 Å². The van der Waals surface area contributed by atoms with Crippen molar-refractivity contribution in [3.8, 4) is 0 Å². The van der Waals surface area contributed by atoms with E-state index in [-0.39, 0.29) is 6.10 Å². The third-order valence-electron chi connectivity index (χ3n) is 2.66. The highest BCUT2D eigenvalue weighted by atomic mass is 16.3. The third-order valence-corrected chi connectivity index (χ3v) is 2.66. The fourth-order valence-electron chi connectivity index (χ4n) is 1.93. The van der Waals surface area contributed by atoms with Crippen molar-refractivity contribution in [1.29, 1.82) is 0 Å². The molecule has 0 saturated heterocycles. The van der Waals surface area contributed by atoms with Crippen molar-refractivity contribution >= 4 is 0 Å². The fraction of sp³-hybridized carbons (Fsp3) is 1.00. The summed E-state index contributed by atoms with van der Waals surface area (Å²) in [5.74, 6) is 0.548. The molecule has 1 saturated carbocycles. The lowest BCUT2D eigenvalue weighted by atomic mass is 9.84. The smallest absolute Gasteiger partial charge is 0.0580 e. The van der Waals surface area contributed by atoms with Crippen molar-refractivity contribution in [1.82, 2.24) is 0 Å². The largest absolute Gasteiger partial charge is 0.393 e. The molecule has 66 valence electrons. The first-order valence-electron chi connectivity index (χ1n) is 4.72. The van der Waals surface area contributed by atoms with Crippen LogP contribution >= 0.6 is 0 Å². The predicted molar refractivity (Wildman–Crippen MR) is 46.3 cm³/mol. The molecule has 0 bridgehead atoms. The van der Waals surface area contributed by atoms with Crippen LogP contribution in [0, 0.1) is 5.92 Å². The van der Waals surface area contributed by atoms with Crippen molar-refractivity contribution in [3.63, 3.8) is 0 Å². The standard InChI is InChI=1S/C9H19NO/c10-7-6-9(11)8-4-2-1-3-5-8/h8-9,11H,1-7,10H2. The average molecular weight is 157 g/mol. The molecule has 0 aromatic heterocycles. The van der Waals surface area contributed by atoms with Crippen molar-refractivity contribution in [2.24, 2.45) is 11.7 Å². The highest BCUT2D eigenvalue weighted by molar-refractivity contribution is 4.73. The summed E-state index contributed by atoms with van der Waals surface area (Å²) in [6.07, 6.45) is 7.03. The summed E-state index contributed by atoms with van der Waals surface area (Å²) in [5, 5.41) is 9.59. The number of aliphatic hydroxyl groups is 1. The Morgan fingerprint density at radius 3 is 2.45 bits per heavy atom. The molecule has 1 rings (SSSR count). The highest BCUT2D eigenvalue weighted by Gasteiger charge is 2.20. The van der Waals surface area contributed by atoms with Gasteiger partial charge < -0.3 is 10.8 Å². The maximum atomic E-state index is 9.59. The normalized spacial score (nSPS) is 23.5. The molecule has 0 amide bonds. The molecule has 1 unspecified atom stereocenters. The van der Waals surface area contributed by atoms with Crippen LogP contribution in [0.1, 0.15) is 38.5 Å². The molecule has 1 atom stereocenters. The average Bonchev–Trinajstić information content (AvgIpc) is 2.07. The maximum Gasteiger partial charge on any atom is 0.0580 e. The van der Waals surface area contributed by atoms with E-state index in [4.69, 9.17) is 5.73 Å². The lowest BCUT2D eigenvalue weighted by Gasteiger charge is -2.26. The van der Waals surface area contributed by atoms with Crippen LogP contribution in [0.5, 0.6) is 0 Å². The van der Waals surface area contributed by atoms with Gasteiger partial charge in [-0.05, 0) is 31.7 Å². The van der Waals surface area contributed by atoms with E-state index in [0.717, 1.165) is 6.42 Å². The summed E-state index contributed by atoms with van der Waals surface area (Å²) in [7, 11) is 0. The number of rotatable bonds is 3. The van der Waals surface area contributed by atoms with E-state index < -0.39 is 0 Å². The molecule has 0 aromatic carbocycles. The molecular weight excluding hydrogens is 138 g/mol. The number of hydrogen-bond acceptors (Lipinski definition) is 2. The van der Waals surface area contributed by atoms with Gasteiger partial charge in [-0.2, -0.15) is 0 Å². The Labute approximate surface area is 68.8 Å². The molecule has 1 aliphatic rings. The monoisotopic (exact) mass is 157 g/mol.